The highest BCUT2D eigenvalue weighted by Crippen LogP contribution is 2.35. The Morgan fingerprint density at radius 2 is 2.14 bits per heavy atom. The van der Waals surface area contributed by atoms with Crippen molar-refractivity contribution in [3.63, 3.8) is 0 Å². The molecule has 2 aromatic rings. The molecule has 1 atom stereocenters. The standard InChI is InChI=1S/C22H30N4O3/c1-5-23-22(25-13-16-7-8-21(27-4)24-12-16)26-14-18-11-20-17(9-15(3)29-20)10-19(18)28-6-2/h7-8,10-12,15H,5-6,9,13-14H2,1-4H3,(H2,23,25,26). The van der Waals surface area contributed by atoms with Gasteiger partial charge in [0.2, 0.25) is 5.88 Å². The Hall–Kier alpha value is -2.96. The van der Waals surface area contributed by atoms with Crippen LogP contribution in [0.4, 0.5) is 0 Å². The largest absolute Gasteiger partial charge is 0.494 e. The summed E-state index contributed by atoms with van der Waals surface area (Å²) in [7, 11) is 1.61. The van der Waals surface area contributed by atoms with Crippen LogP contribution in [-0.2, 0) is 19.5 Å². The molecule has 0 bridgehead atoms. The van der Waals surface area contributed by atoms with E-state index in [1.54, 1.807) is 13.3 Å². The molecule has 1 unspecified atom stereocenters. The van der Waals surface area contributed by atoms with Crippen molar-refractivity contribution in [2.24, 2.45) is 4.99 Å². The lowest BCUT2D eigenvalue weighted by molar-refractivity contribution is 0.254. The van der Waals surface area contributed by atoms with E-state index in [9.17, 15) is 0 Å². The van der Waals surface area contributed by atoms with Crippen molar-refractivity contribution in [1.82, 2.24) is 15.6 Å². The molecule has 0 amide bonds. The number of methoxy groups -OCH3 is 1. The molecule has 0 saturated heterocycles. The fourth-order valence-corrected chi connectivity index (χ4v) is 3.23. The molecule has 1 aliphatic rings. The molecule has 2 heterocycles. The van der Waals surface area contributed by atoms with E-state index in [-0.39, 0.29) is 6.10 Å². The third-order valence-electron chi connectivity index (χ3n) is 4.60. The van der Waals surface area contributed by atoms with Gasteiger partial charge in [0.15, 0.2) is 5.96 Å². The summed E-state index contributed by atoms with van der Waals surface area (Å²) in [5.74, 6) is 3.18. The van der Waals surface area contributed by atoms with Crippen LogP contribution >= 0.6 is 0 Å². The lowest BCUT2D eigenvalue weighted by atomic mass is 10.1. The Labute approximate surface area is 172 Å². The van der Waals surface area contributed by atoms with Gasteiger partial charge in [-0.05, 0) is 38.5 Å². The summed E-state index contributed by atoms with van der Waals surface area (Å²) in [6, 6.07) is 7.98. The first kappa shape index (κ1) is 20.8. The fourth-order valence-electron chi connectivity index (χ4n) is 3.23. The summed E-state index contributed by atoms with van der Waals surface area (Å²) < 4.78 is 16.9. The molecule has 2 N–H and O–H groups in total. The highest BCUT2D eigenvalue weighted by atomic mass is 16.5. The molecular weight excluding hydrogens is 368 g/mol. The normalized spacial score (nSPS) is 15.4. The van der Waals surface area contributed by atoms with E-state index >= 15 is 0 Å². The third-order valence-corrected chi connectivity index (χ3v) is 4.60. The number of pyridine rings is 1. The van der Waals surface area contributed by atoms with Crippen molar-refractivity contribution in [1.29, 1.82) is 0 Å². The van der Waals surface area contributed by atoms with Crippen LogP contribution in [0.3, 0.4) is 0 Å². The number of aliphatic imine (C=N–C) groups is 1. The van der Waals surface area contributed by atoms with Gasteiger partial charge in [0.1, 0.15) is 17.6 Å². The Kier molecular flexibility index (Phi) is 7.16. The van der Waals surface area contributed by atoms with Gasteiger partial charge >= 0.3 is 0 Å². The number of rotatable bonds is 8. The molecule has 29 heavy (non-hydrogen) atoms. The van der Waals surface area contributed by atoms with E-state index in [2.05, 4.69) is 39.7 Å². The number of benzene rings is 1. The zero-order chi connectivity index (χ0) is 20.6. The molecule has 0 spiro atoms. The predicted octanol–water partition coefficient (Wildman–Crippen LogP) is 3.07. The quantitative estimate of drug-likeness (QED) is 0.526. The van der Waals surface area contributed by atoms with Crippen LogP contribution in [0.5, 0.6) is 17.4 Å². The Bertz CT molecular complexity index is 837. The molecule has 1 aromatic heterocycles. The van der Waals surface area contributed by atoms with Gasteiger partial charge in [0.05, 0.1) is 20.3 Å². The van der Waals surface area contributed by atoms with Crippen LogP contribution in [0, 0.1) is 0 Å². The molecule has 7 heteroatoms. The number of nitrogens with zero attached hydrogens (tertiary/aromatic N) is 2. The van der Waals surface area contributed by atoms with Crippen molar-refractivity contribution in [3.05, 3.63) is 47.2 Å². The first-order chi connectivity index (χ1) is 14.1. The van der Waals surface area contributed by atoms with E-state index in [0.717, 1.165) is 41.6 Å². The minimum atomic E-state index is 0.208. The molecule has 1 aliphatic heterocycles. The maximum Gasteiger partial charge on any atom is 0.212 e. The average molecular weight is 399 g/mol. The van der Waals surface area contributed by atoms with E-state index < -0.39 is 0 Å². The minimum Gasteiger partial charge on any atom is -0.494 e. The average Bonchev–Trinajstić information content (AvgIpc) is 3.09. The van der Waals surface area contributed by atoms with Gasteiger partial charge in [-0.1, -0.05) is 6.07 Å². The number of ether oxygens (including phenoxy) is 3. The van der Waals surface area contributed by atoms with Crippen molar-refractivity contribution in [2.45, 2.75) is 46.4 Å². The van der Waals surface area contributed by atoms with E-state index in [1.807, 2.05) is 26.0 Å². The van der Waals surface area contributed by atoms with Gasteiger partial charge in [0.25, 0.3) is 0 Å². The van der Waals surface area contributed by atoms with Gasteiger partial charge in [-0.25, -0.2) is 9.98 Å². The summed E-state index contributed by atoms with van der Waals surface area (Å²) in [4.78, 5) is 8.88. The number of hydrogen-bond donors (Lipinski definition) is 2. The van der Waals surface area contributed by atoms with Crippen LogP contribution in [0.1, 0.15) is 37.5 Å². The molecule has 156 valence electrons. The molecule has 0 saturated carbocycles. The molecule has 0 aliphatic carbocycles. The number of hydrogen-bond acceptors (Lipinski definition) is 5. The van der Waals surface area contributed by atoms with Gasteiger partial charge in [-0.2, -0.15) is 0 Å². The van der Waals surface area contributed by atoms with Gasteiger partial charge in [0, 0.05) is 42.9 Å². The number of fused-ring (bicyclic) bond motifs is 1. The zero-order valence-corrected chi connectivity index (χ0v) is 17.6. The summed E-state index contributed by atoms with van der Waals surface area (Å²) in [5, 5.41) is 6.67. The fraction of sp³-hybridized carbons (Fsp3) is 0.455. The molecule has 0 fully saturated rings. The monoisotopic (exact) mass is 398 g/mol. The number of aromatic nitrogens is 1. The third kappa shape index (κ3) is 5.53. The summed E-state index contributed by atoms with van der Waals surface area (Å²) in [6.45, 7) is 8.64. The van der Waals surface area contributed by atoms with Crippen molar-refractivity contribution in [2.75, 3.05) is 20.3 Å². The smallest absolute Gasteiger partial charge is 0.212 e. The first-order valence-corrected chi connectivity index (χ1v) is 10.1. The van der Waals surface area contributed by atoms with Gasteiger partial charge < -0.3 is 24.8 Å². The van der Waals surface area contributed by atoms with Crippen molar-refractivity contribution >= 4 is 5.96 Å². The molecule has 3 rings (SSSR count). The lowest BCUT2D eigenvalue weighted by Crippen LogP contribution is -2.36. The Balaban J connectivity index is 1.70. The summed E-state index contributed by atoms with van der Waals surface area (Å²) >= 11 is 0. The lowest BCUT2D eigenvalue weighted by Gasteiger charge is -2.15. The van der Waals surface area contributed by atoms with Crippen LogP contribution in [-0.4, -0.2) is 37.3 Å². The number of nitrogens with one attached hydrogen (secondary N) is 2. The summed E-state index contributed by atoms with van der Waals surface area (Å²) in [6.07, 6.45) is 2.90. The minimum absolute atomic E-state index is 0.208. The first-order valence-electron chi connectivity index (χ1n) is 10.1. The second-order valence-corrected chi connectivity index (χ2v) is 6.89. The maximum atomic E-state index is 5.91. The highest BCUT2D eigenvalue weighted by molar-refractivity contribution is 5.79. The van der Waals surface area contributed by atoms with E-state index in [1.165, 1.54) is 5.56 Å². The van der Waals surface area contributed by atoms with Crippen LogP contribution in [0.15, 0.2) is 35.5 Å². The zero-order valence-electron chi connectivity index (χ0n) is 17.6. The van der Waals surface area contributed by atoms with Crippen LogP contribution < -0.4 is 24.8 Å². The second kappa shape index (κ2) is 10.0. The van der Waals surface area contributed by atoms with Crippen molar-refractivity contribution < 1.29 is 14.2 Å². The predicted molar refractivity (Wildman–Crippen MR) is 114 cm³/mol. The van der Waals surface area contributed by atoms with Crippen molar-refractivity contribution in [3.8, 4) is 17.4 Å². The SMILES string of the molecule is CCNC(=NCc1ccc(OC)nc1)NCc1cc2c(cc1OCC)CC(C)O2. The topological polar surface area (TPSA) is 77.0 Å². The van der Waals surface area contributed by atoms with Crippen LogP contribution in [0.25, 0.3) is 0 Å². The van der Waals surface area contributed by atoms with Gasteiger partial charge in [-0.3, -0.25) is 0 Å². The van der Waals surface area contributed by atoms with Crippen LogP contribution in [0.2, 0.25) is 0 Å². The van der Waals surface area contributed by atoms with E-state index in [4.69, 9.17) is 14.2 Å². The molecular formula is C22H30N4O3. The highest BCUT2D eigenvalue weighted by Gasteiger charge is 2.21. The van der Waals surface area contributed by atoms with Gasteiger partial charge in [-0.15, -0.1) is 0 Å². The summed E-state index contributed by atoms with van der Waals surface area (Å²) in [5.41, 5.74) is 3.27. The van der Waals surface area contributed by atoms with E-state index in [0.29, 0.717) is 25.6 Å². The Morgan fingerprint density at radius 1 is 1.28 bits per heavy atom. The second-order valence-electron chi connectivity index (χ2n) is 6.89. The molecule has 1 aromatic carbocycles. The Morgan fingerprint density at radius 3 is 2.83 bits per heavy atom. The number of guanidine groups is 1. The molecule has 0 radical (unpaired) electrons. The maximum absolute atomic E-state index is 5.91. The molecule has 7 nitrogen and oxygen atoms in total.